The molecule has 0 bridgehead atoms. The fraction of sp³-hybridized carbons (Fsp3) is 0.611. The quantitative estimate of drug-likeness (QED) is 0.829. The van der Waals surface area contributed by atoms with Gasteiger partial charge in [-0.15, -0.1) is 0 Å². The molecule has 138 valence electrons. The number of carbonyl (C=O) groups is 1. The Bertz CT molecular complexity index is 611. The first kappa shape index (κ1) is 18.2. The van der Waals surface area contributed by atoms with Crippen LogP contribution < -0.4 is 0 Å². The van der Waals surface area contributed by atoms with Crippen molar-refractivity contribution in [2.45, 2.75) is 31.5 Å². The van der Waals surface area contributed by atoms with Crippen LogP contribution in [0.2, 0.25) is 0 Å². The summed E-state index contributed by atoms with van der Waals surface area (Å²) in [5.74, 6) is 0.0702. The number of carbonyl (C=O) groups excluding carboxylic acids is 1. The Morgan fingerprint density at radius 2 is 2.00 bits per heavy atom. The maximum atomic E-state index is 12.9. The van der Waals surface area contributed by atoms with E-state index in [-0.39, 0.29) is 5.91 Å². The summed E-state index contributed by atoms with van der Waals surface area (Å²) in [6.07, 6.45) is -2.10. The second-order valence-electron chi connectivity index (χ2n) is 6.80. The third-order valence-corrected chi connectivity index (χ3v) is 5.15. The van der Waals surface area contributed by atoms with Crippen LogP contribution >= 0.6 is 0 Å². The van der Waals surface area contributed by atoms with Gasteiger partial charge >= 0.3 is 6.18 Å². The molecule has 7 heteroatoms. The van der Waals surface area contributed by atoms with E-state index in [0.29, 0.717) is 31.9 Å². The average molecular weight is 357 g/mol. The Morgan fingerprint density at radius 1 is 1.32 bits per heavy atom. The van der Waals surface area contributed by atoms with E-state index in [0.717, 1.165) is 31.4 Å². The van der Waals surface area contributed by atoms with Crippen LogP contribution in [-0.4, -0.2) is 44.2 Å². The lowest BCUT2D eigenvalue weighted by atomic mass is 9.68. The summed E-state index contributed by atoms with van der Waals surface area (Å²) in [6.45, 7) is 1.64. The predicted octanol–water partition coefficient (Wildman–Crippen LogP) is 3.42. The topological polar surface area (TPSA) is 38.8 Å². The molecule has 1 aliphatic carbocycles. The first-order valence-electron chi connectivity index (χ1n) is 8.43. The van der Waals surface area contributed by atoms with Crippen LogP contribution in [0.25, 0.3) is 0 Å². The smallest absolute Gasteiger partial charge is 0.384 e. The molecule has 25 heavy (non-hydrogen) atoms. The van der Waals surface area contributed by atoms with Crippen molar-refractivity contribution in [1.29, 1.82) is 0 Å². The van der Waals surface area contributed by atoms with Crippen molar-refractivity contribution in [3.05, 3.63) is 35.4 Å². The van der Waals surface area contributed by atoms with Crippen molar-refractivity contribution in [2.24, 2.45) is 5.41 Å². The van der Waals surface area contributed by atoms with E-state index in [1.54, 1.807) is 12.0 Å². The number of ether oxygens (including phenoxy) is 2. The van der Waals surface area contributed by atoms with E-state index in [4.69, 9.17) is 9.47 Å². The highest BCUT2D eigenvalue weighted by molar-refractivity contribution is 5.84. The van der Waals surface area contributed by atoms with Crippen LogP contribution in [0.5, 0.6) is 0 Å². The van der Waals surface area contributed by atoms with Crippen LogP contribution in [0.1, 0.15) is 36.5 Å². The zero-order valence-corrected chi connectivity index (χ0v) is 14.1. The number of nitrogens with zero attached hydrogens (tertiary/aromatic N) is 1. The molecule has 0 aromatic heterocycles. The second kappa shape index (κ2) is 6.96. The van der Waals surface area contributed by atoms with E-state index in [9.17, 15) is 18.0 Å². The number of alkyl halides is 3. The largest absolute Gasteiger partial charge is 0.416 e. The highest BCUT2D eigenvalue weighted by atomic mass is 19.4. The first-order valence-corrected chi connectivity index (χ1v) is 8.43. The van der Waals surface area contributed by atoms with Crippen molar-refractivity contribution in [2.75, 3.05) is 33.4 Å². The maximum absolute atomic E-state index is 12.9. The number of hydrogen-bond acceptors (Lipinski definition) is 3. The molecule has 1 heterocycles. The molecule has 2 aliphatic rings. The molecule has 3 rings (SSSR count). The summed E-state index contributed by atoms with van der Waals surface area (Å²) in [5.41, 5.74) is -0.468. The summed E-state index contributed by atoms with van der Waals surface area (Å²) in [4.78, 5) is 14.7. The molecule has 0 spiro atoms. The number of rotatable bonds is 4. The molecule has 1 unspecified atom stereocenters. The number of amides is 1. The van der Waals surface area contributed by atoms with Crippen LogP contribution in [0.15, 0.2) is 24.3 Å². The first-order chi connectivity index (χ1) is 11.9. The molecule has 1 atom stereocenters. The molecule has 4 nitrogen and oxygen atoms in total. The van der Waals surface area contributed by atoms with Crippen molar-refractivity contribution in [1.82, 2.24) is 4.90 Å². The minimum atomic E-state index is -4.36. The highest BCUT2D eigenvalue weighted by Gasteiger charge is 2.47. The summed E-state index contributed by atoms with van der Waals surface area (Å²) >= 11 is 0. The zero-order valence-electron chi connectivity index (χ0n) is 14.1. The normalized spacial score (nSPS) is 23.2. The third kappa shape index (κ3) is 3.67. The van der Waals surface area contributed by atoms with Gasteiger partial charge in [0.05, 0.1) is 30.7 Å². The molecule has 1 aromatic rings. The fourth-order valence-corrected chi connectivity index (χ4v) is 3.56. The van der Waals surface area contributed by atoms with Gasteiger partial charge in [0.25, 0.3) is 0 Å². The van der Waals surface area contributed by atoms with Gasteiger partial charge in [-0.1, -0.05) is 18.6 Å². The Labute approximate surface area is 144 Å². The van der Waals surface area contributed by atoms with E-state index in [1.165, 1.54) is 12.1 Å². The van der Waals surface area contributed by atoms with Crippen molar-refractivity contribution >= 4 is 5.91 Å². The SMILES string of the molecule is COCC1(C(=O)N2CCOC(c3ccc(C(F)(F)F)cc3)C2)CCC1. The molecule has 1 aromatic carbocycles. The van der Waals surface area contributed by atoms with Crippen molar-refractivity contribution < 1.29 is 27.4 Å². The van der Waals surface area contributed by atoms with Gasteiger partial charge in [-0.2, -0.15) is 13.2 Å². The molecule has 1 saturated heterocycles. The van der Waals surface area contributed by atoms with Crippen LogP contribution in [0, 0.1) is 5.41 Å². The molecule has 1 aliphatic heterocycles. The Kier molecular flexibility index (Phi) is 5.06. The van der Waals surface area contributed by atoms with E-state index < -0.39 is 23.3 Å². The fourth-order valence-electron chi connectivity index (χ4n) is 3.56. The van der Waals surface area contributed by atoms with Crippen molar-refractivity contribution in [3.63, 3.8) is 0 Å². The van der Waals surface area contributed by atoms with Gasteiger partial charge in [-0.05, 0) is 30.5 Å². The molecule has 2 fully saturated rings. The lowest BCUT2D eigenvalue weighted by Crippen LogP contribution is -2.53. The zero-order chi connectivity index (χ0) is 18.1. The van der Waals surface area contributed by atoms with Gasteiger partial charge in [0, 0.05) is 13.7 Å². The summed E-state index contributed by atoms with van der Waals surface area (Å²) in [6, 6.07) is 4.96. The Morgan fingerprint density at radius 3 is 2.52 bits per heavy atom. The molecular weight excluding hydrogens is 335 g/mol. The maximum Gasteiger partial charge on any atom is 0.416 e. The van der Waals surface area contributed by atoms with E-state index in [1.807, 2.05) is 0 Å². The van der Waals surface area contributed by atoms with Crippen molar-refractivity contribution in [3.8, 4) is 0 Å². The average Bonchev–Trinajstić information content (AvgIpc) is 2.57. The number of morpholine rings is 1. The Hall–Kier alpha value is -1.60. The van der Waals surface area contributed by atoms with Crippen LogP contribution in [0.4, 0.5) is 13.2 Å². The van der Waals surface area contributed by atoms with Crippen LogP contribution in [0.3, 0.4) is 0 Å². The monoisotopic (exact) mass is 357 g/mol. The standard InChI is InChI=1S/C18H22F3NO3/c1-24-12-17(7-2-8-17)16(23)22-9-10-25-15(11-22)13-3-5-14(6-4-13)18(19,20)21/h3-6,15H,2,7-12H2,1H3. The summed E-state index contributed by atoms with van der Waals surface area (Å²) in [5, 5.41) is 0. The molecule has 1 amide bonds. The second-order valence-corrected chi connectivity index (χ2v) is 6.80. The van der Waals surface area contributed by atoms with Crippen LogP contribution in [-0.2, 0) is 20.4 Å². The van der Waals surface area contributed by atoms with Gasteiger partial charge in [-0.3, -0.25) is 4.79 Å². The molecular formula is C18H22F3NO3. The molecule has 1 saturated carbocycles. The highest BCUT2D eigenvalue weighted by Crippen LogP contribution is 2.43. The minimum Gasteiger partial charge on any atom is -0.384 e. The van der Waals surface area contributed by atoms with Gasteiger partial charge < -0.3 is 14.4 Å². The number of benzene rings is 1. The summed E-state index contributed by atoms with van der Waals surface area (Å²) in [7, 11) is 1.59. The minimum absolute atomic E-state index is 0.0702. The van der Waals surface area contributed by atoms with E-state index >= 15 is 0 Å². The van der Waals surface area contributed by atoms with Gasteiger partial charge in [0.2, 0.25) is 5.91 Å². The van der Waals surface area contributed by atoms with Gasteiger partial charge in [0.15, 0.2) is 0 Å². The molecule has 0 radical (unpaired) electrons. The lowest BCUT2D eigenvalue weighted by molar-refractivity contribution is -0.159. The molecule has 0 N–H and O–H groups in total. The van der Waals surface area contributed by atoms with E-state index in [2.05, 4.69) is 0 Å². The van der Waals surface area contributed by atoms with Gasteiger partial charge in [0.1, 0.15) is 6.10 Å². The number of hydrogen-bond donors (Lipinski definition) is 0. The van der Waals surface area contributed by atoms with Gasteiger partial charge in [-0.25, -0.2) is 0 Å². The number of methoxy groups -OCH3 is 1. The lowest BCUT2D eigenvalue weighted by Gasteiger charge is -2.45. The number of halogens is 3. The summed E-state index contributed by atoms with van der Waals surface area (Å²) < 4.78 is 49.0. The predicted molar refractivity (Wildman–Crippen MR) is 84.9 cm³/mol. The third-order valence-electron chi connectivity index (χ3n) is 5.15. The Balaban J connectivity index is 1.70.